The zero-order valence-electron chi connectivity index (χ0n) is 13.8. The number of rotatable bonds is 2. The summed E-state index contributed by atoms with van der Waals surface area (Å²) in [6.07, 6.45) is -21.2. The molecule has 0 N–H and O–H groups in total. The van der Waals surface area contributed by atoms with E-state index in [4.69, 9.17) is 11.2 Å². The molecule has 0 fully saturated rings. The Labute approximate surface area is 166 Å². The number of hydrogen-bond donors (Lipinski definition) is 0. The Bertz CT molecular complexity index is 848. The molecule has 0 saturated carbocycles. The second-order valence-corrected chi connectivity index (χ2v) is 8.28. The van der Waals surface area contributed by atoms with Crippen molar-refractivity contribution >= 4 is 29.1 Å². The van der Waals surface area contributed by atoms with Gasteiger partial charge in [-0.2, -0.15) is 52.7 Å². The molecule has 2 rings (SSSR count). The van der Waals surface area contributed by atoms with E-state index >= 15 is 0 Å². The molecule has 0 aliphatic heterocycles. The van der Waals surface area contributed by atoms with Crippen LogP contribution in [0.2, 0.25) is 0 Å². The van der Waals surface area contributed by atoms with Crippen LogP contribution in [0.3, 0.4) is 0 Å². The first-order chi connectivity index (χ1) is 13.3. The first-order valence-electron chi connectivity index (χ1n) is 7.36. The number of hydrogen-bond acceptors (Lipinski definition) is 0. The van der Waals surface area contributed by atoms with Gasteiger partial charge in [0.25, 0.3) is 0 Å². The molecule has 14 heteroatoms. The lowest BCUT2D eigenvalue weighted by atomic mass is 10.1. The summed E-state index contributed by atoms with van der Waals surface area (Å²) in [6.45, 7) is 0. The van der Waals surface area contributed by atoms with Crippen LogP contribution in [0.4, 0.5) is 52.7 Å². The van der Waals surface area contributed by atoms with Crippen LogP contribution in [0.1, 0.15) is 22.3 Å². The SMILES string of the molecule is FC(F)(F)c1ccc(P(Cl)c2ccc(C(F)(F)F)cc2C(F)(F)F)c(C(F)(F)F)c1. The lowest BCUT2D eigenvalue weighted by Gasteiger charge is -2.22. The fraction of sp³-hybridized carbons (Fsp3) is 0.250. The summed E-state index contributed by atoms with van der Waals surface area (Å²) >= 11 is 5.79. The third-order valence-corrected chi connectivity index (χ3v) is 6.40. The van der Waals surface area contributed by atoms with Crippen LogP contribution in [0.15, 0.2) is 36.4 Å². The van der Waals surface area contributed by atoms with Crippen molar-refractivity contribution in [1.82, 2.24) is 0 Å². The second-order valence-electron chi connectivity index (χ2n) is 5.74. The molecule has 0 nitrogen and oxygen atoms in total. The Morgan fingerprint density at radius 2 is 0.800 bits per heavy atom. The van der Waals surface area contributed by atoms with E-state index in [2.05, 4.69) is 0 Å². The van der Waals surface area contributed by atoms with Gasteiger partial charge < -0.3 is 0 Å². The van der Waals surface area contributed by atoms with Gasteiger partial charge >= 0.3 is 24.7 Å². The van der Waals surface area contributed by atoms with Crippen LogP contribution >= 0.6 is 18.5 Å². The van der Waals surface area contributed by atoms with Crippen LogP contribution in [0.5, 0.6) is 0 Å². The number of halogens is 13. The van der Waals surface area contributed by atoms with Crippen molar-refractivity contribution < 1.29 is 52.7 Å². The van der Waals surface area contributed by atoms with Gasteiger partial charge in [0.05, 0.1) is 29.5 Å². The highest BCUT2D eigenvalue weighted by atomic mass is 35.7. The summed E-state index contributed by atoms with van der Waals surface area (Å²) in [5.41, 5.74) is -7.32. The molecule has 2 aromatic rings. The summed E-state index contributed by atoms with van der Waals surface area (Å²) in [4.78, 5) is 0. The largest absolute Gasteiger partial charge is 0.417 e. The highest BCUT2D eigenvalue weighted by Gasteiger charge is 2.43. The summed E-state index contributed by atoms with van der Waals surface area (Å²) in [5.74, 6) is 0. The van der Waals surface area contributed by atoms with Gasteiger partial charge in [-0.25, -0.2) is 0 Å². The molecule has 30 heavy (non-hydrogen) atoms. The van der Waals surface area contributed by atoms with Crippen molar-refractivity contribution in [3.05, 3.63) is 58.7 Å². The van der Waals surface area contributed by atoms with Crippen LogP contribution in [0, 0.1) is 0 Å². The fourth-order valence-electron chi connectivity index (χ4n) is 2.35. The minimum absolute atomic E-state index is 0.194. The van der Waals surface area contributed by atoms with Gasteiger partial charge in [-0.3, -0.25) is 0 Å². The van der Waals surface area contributed by atoms with Gasteiger partial charge in [0.2, 0.25) is 0 Å². The summed E-state index contributed by atoms with van der Waals surface area (Å²) in [5, 5.41) is -2.23. The van der Waals surface area contributed by atoms with E-state index in [0.29, 0.717) is 0 Å². The maximum Gasteiger partial charge on any atom is 0.417 e. The fourth-order valence-corrected chi connectivity index (χ4v) is 4.71. The Hall–Kier alpha value is -1.68. The average molecular weight is 493 g/mol. The zero-order valence-corrected chi connectivity index (χ0v) is 15.5. The van der Waals surface area contributed by atoms with Crippen LogP contribution in [0.25, 0.3) is 0 Å². The normalized spacial score (nSPS) is 13.8. The first kappa shape index (κ1) is 24.6. The van der Waals surface area contributed by atoms with Crippen molar-refractivity contribution in [2.45, 2.75) is 24.7 Å². The smallest absolute Gasteiger partial charge is 0.166 e. The topological polar surface area (TPSA) is 0 Å². The van der Waals surface area contributed by atoms with E-state index in [1.54, 1.807) is 0 Å². The molecule has 0 amide bonds. The monoisotopic (exact) mass is 492 g/mol. The molecule has 0 heterocycles. The quantitative estimate of drug-likeness (QED) is 0.304. The van der Waals surface area contributed by atoms with Gasteiger partial charge in [0, 0.05) is 10.6 Å². The molecule has 166 valence electrons. The van der Waals surface area contributed by atoms with E-state index in [1.807, 2.05) is 0 Å². The third kappa shape index (κ3) is 5.32. The van der Waals surface area contributed by atoms with Gasteiger partial charge in [-0.1, -0.05) is 23.4 Å². The first-order valence-corrected chi connectivity index (χ1v) is 9.61. The van der Waals surface area contributed by atoms with Crippen molar-refractivity contribution in [2.24, 2.45) is 0 Å². The molecular weight excluding hydrogens is 487 g/mol. The minimum atomic E-state index is -5.42. The van der Waals surface area contributed by atoms with Gasteiger partial charge in [0.1, 0.15) is 0 Å². The van der Waals surface area contributed by atoms with Gasteiger partial charge in [0.15, 0.2) is 0 Å². The molecule has 0 radical (unpaired) electrons. The Morgan fingerprint density at radius 1 is 0.500 bits per heavy atom. The summed E-state index contributed by atoms with van der Waals surface area (Å²) < 4.78 is 156. The van der Waals surface area contributed by atoms with Crippen molar-refractivity contribution in [1.29, 1.82) is 0 Å². The summed E-state index contributed by atoms with van der Waals surface area (Å²) in [6, 6.07) is 0.290. The molecule has 0 aliphatic carbocycles. The van der Waals surface area contributed by atoms with Gasteiger partial charge in [-0.05, 0) is 24.3 Å². The average Bonchev–Trinajstić information content (AvgIpc) is 2.57. The molecule has 2 aromatic carbocycles. The second kappa shape index (κ2) is 7.78. The predicted octanol–water partition coefficient (Wildman–Crippen LogP) is 7.35. The van der Waals surface area contributed by atoms with Crippen molar-refractivity contribution in [3.63, 3.8) is 0 Å². The molecular formula is C16H6ClF12P. The van der Waals surface area contributed by atoms with Crippen LogP contribution < -0.4 is 10.6 Å². The Kier molecular flexibility index (Phi) is 6.38. The zero-order chi connectivity index (χ0) is 23.3. The number of alkyl halides is 12. The highest BCUT2D eigenvalue weighted by Crippen LogP contribution is 2.48. The van der Waals surface area contributed by atoms with E-state index in [9.17, 15) is 52.7 Å². The van der Waals surface area contributed by atoms with Crippen LogP contribution in [-0.2, 0) is 24.7 Å². The maximum absolute atomic E-state index is 13.3. The van der Waals surface area contributed by atoms with E-state index in [0.717, 1.165) is 0 Å². The third-order valence-electron chi connectivity index (χ3n) is 3.68. The Balaban J connectivity index is 2.73. The van der Waals surface area contributed by atoms with Crippen molar-refractivity contribution in [2.75, 3.05) is 0 Å². The van der Waals surface area contributed by atoms with Crippen LogP contribution in [-0.4, -0.2) is 0 Å². The highest BCUT2D eigenvalue weighted by molar-refractivity contribution is 7.95. The van der Waals surface area contributed by atoms with E-state index in [1.165, 1.54) is 0 Å². The Morgan fingerprint density at radius 3 is 1.03 bits per heavy atom. The molecule has 0 atom stereocenters. The lowest BCUT2D eigenvalue weighted by molar-refractivity contribution is -0.144. The maximum atomic E-state index is 13.3. The molecule has 0 aromatic heterocycles. The van der Waals surface area contributed by atoms with Gasteiger partial charge in [-0.15, -0.1) is 0 Å². The number of benzene rings is 2. The van der Waals surface area contributed by atoms with E-state index < -0.39 is 64.8 Å². The van der Waals surface area contributed by atoms with E-state index in [-0.39, 0.29) is 36.4 Å². The molecule has 0 saturated heterocycles. The molecule has 0 aliphatic rings. The lowest BCUT2D eigenvalue weighted by Crippen LogP contribution is -2.26. The standard InChI is InChI=1S/C16H6ClF12P/c17-30(11-3-1-7(13(18,19)20)5-9(11)15(24,25)26)12-4-2-8(14(21,22)23)6-10(12)16(27,28)29/h1-6H. The predicted molar refractivity (Wildman–Crippen MR) is 84.9 cm³/mol. The molecule has 0 unspecified atom stereocenters. The molecule has 0 bridgehead atoms. The molecule has 0 spiro atoms. The minimum Gasteiger partial charge on any atom is -0.166 e. The summed E-state index contributed by atoms with van der Waals surface area (Å²) in [7, 11) is -3.14. The van der Waals surface area contributed by atoms with Crippen molar-refractivity contribution in [3.8, 4) is 0 Å².